The molecule has 0 aliphatic heterocycles. The van der Waals surface area contributed by atoms with Crippen LogP contribution < -0.4 is 10.0 Å². The Morgan fingerprint density at radius 1 is 1.19 bits per heavy atom. The van der Waals surface area contributed by atoms with Gasteiger partial charge in [-0.15, -0.1) is 0 Å². The molecule has 0 heterocycles. The van der Waals surface area contributed by atoms with Crippen molar-refractivity contribution in [3.05, 3.63) is 29.3 Å². The highest BCUT2D eigenvalue weighted by molar-refractivity contribution is 7.89. The SMILES string of the molecule is CNCc1cc(S(=O)(=O)NC(C2CC2)C2CC2)ccc1C. The summed E-state index contributed by atoms with van der Waals surface area (Å²) in [5.41, 5.74) is 2.15. The zero-order valence-electron chi connectivity index (χ0n) is 12.7. The largest absolute Gasteiger partial charge is 0.316 e. The quantitative estimate of drug-likeness (QED) is 0.812. The minimum Gasteiger partial charge on any atom is -0.316 e. The van der Waals surface area contributed by atoms with E-state index in [1.807, 2.05) is 20.0 Å². The number of sulfonamides is 1. The number of rotatable bonds is 7. The highest BCUT2D eigenvalue weighted by atomic mass is 32.2. The van der Waals surface area contributed by atoms with Gasteiger partial charge < -0.3 is 5.32 Å². The fraction of sp³-hybridized carbons (Fsp3) is 0.625. The predicted octanol–water partition coefficient (Wildman–Crippen LogP) is 2.18. The Bertz CT molecular complexity index is 607. The number of aryl methyl sites for hydroxylation is 1. The zero-order valence-corrected chi connectivity index (χ0v) is 13.5. The van der Waals surface area contributed by atoms with Crippen LogP contribution >= 0.6 is 0 Å². The molecule has 2 saturated carbocycles. The van der Waals surface area contributed by atoms with Crippen molar-refractivity contribution in [1.82, 2.24) is 10.0 Å². The van der Waals surface area contributed by atoms with Crippen molar-refractivity contribution < 1.29 is 8.42 Å². The van der Waals surface area contributed by atoms with Gasteiger partial charge in [-0.25, -0.2) is 13.1 Å². The lowest BCUT2D eigenvalue weighted by atomic mass is 10.1. The Morgan fingerprint density at radius 3 is 2.33 bits per heavy atom. The van der Waals surface area contributed by atoms with E-state index in [2.05, 4.69) is 10.0 Å². The maximum Gasteiger partial charge on any atom is 0.240 e. The molecule has 5 heteroatoms. The summed E-state index contributed by atoms with van der Waals surface area (Å²) < 4.78 is 28.3. The van der Waals surface area contributed by atoms with Crippen molar-refractivity contribution >= 4 is 10.0 Å². The van der Waals surface area contributed by atoms with E-state index >= 15 is 0 Å². The van der Waals surface area contributed by atoms with E-state index in [-0.39, 0.29) is 6.04 Å². The molecule has 1 aromatic rings. The normalized spacial score (nSPS) is 19.2. The fourth-order valence-electron chi connectivity index (χ4n) is 2.93. The number of hydrogen-bond acceptors (Lipinski definition) is 3. The summed E-state index contributed by atoms with van der Waals surface area (Å²) in [7, 11) is -1.53. The molecule has 2 aliphatic rings. The van der Waals surface area contributed by atoms with Crippen LogP contribution in [0.3, 0.4) is 0 Å². The number of hydrogen-bond donors (Lipinski definition) is 2. The molecule has 0 unspecified atom stereocenters. The molecule has 0 radical (unpaired) electrons. The number of benzene rings is 1. The molecule has 4 nitrogen and oxygen atoms in total. The van der Waals surface area contributed by atoms with Gasteiger partial charge in [0.15, 0.2) is 0 Å². The predicted molar refractivity (Wildman–Crippen MR) is 83.5 cm³/mol. The zero-order chi connectivity index (χ0) is 15.0. The lowest BCUT2D eigenvalue weighted by Gasteiger charge is -2.18. The summed E-state index contributed by atoms with van der Waals surface area (Å²) in [6.45, 7) is 2.69. The molecule has 0 amide bonds. The van der Waals surface area contributed by atoms with Gasteiger partial charge >= 0.3 is 0 Å². The third-order valence-electron chi connectivity index (χ3n) is 4.55. The van der Waals surface area contributed by atoms with Crippen LogP contribution in [0.4, 0.5) is 0 Å². The maximum absolute atomic E-state index is 12.6. The molecule has 1 aromatic carbocycles. The summed E-state index contributed by atoms with van der Waals surface area (Å²) in [5.74, 6) is 1.13. The average molecular weight is 308 g/mol. The summed E-state index contributed by atoms with van der Waals surface area (Å²) in [6.07, 6.45) is 4.68. The molecule has 0 bridgehead atoms. The first-order chi connectivity index (χ1) is 10.0. The Kier molecular flexibility index (Phi) is 4.08. The van der Waals surface area contributed by atoms with Gasteiger partial charge in [0.05, 0.1) is 4.90 Å². The minimum absolute atomic E-state index is 0.157. The van der Waals surface area contributed by atoms with Gasteiger partial charge in [0, 0.05) is 12.6 Å². The van der Waals surface area contributed by atoms with E-state index in [9.17, 15) is 8.42 Å². The second-order valence-corrected chi connectivity index (χ2v) is 8.15. The molecule has 0 saturated heterocycles. The van der Waals surface area contributed by atoms with Gasteiger partial charge in [0.1, 0.15) is 0 Å². The highest BCUT2D eigenvalue weighted by Crippen LogP contribution is 2.45. The van der Waals surface area contributed by atoms with Crippen molar-refractivity contribution in [3.63, 3.8) is 0 Å². The van der Waals surface area contributed by atoms with Crippen molar-refractivity contribution in [2.45, 2.75) is 50.1 Å². The molecular formula is C16H24N2O2S. The third-order valence-corrected chi connectivity index (χ3v) is 6.01. The molecule has 0 atom stereocenters. The van der Waals surface area contributed by atoms with Crippen LogP contribution in [0.15, 0.2) is 23.1 Å². The third kappa shape index (κ3) is 3.47. The molecule has 2 fully saturated rings. The van der Waals surface area contributed by atoms with Crippen LogP contribution in [0, 0.1) is 18.8 Å². The second kappa shape index (κ2) is 5.71. The lowest BCUT2D eigenvalue weighted by Crippen LogP contribution is -2.38. The first kappa shape index (κ1) is 15.0. The Morgan fingerprint density at radius 2 is 1.81 bits per heavy atom. The van der Waals surface area contributed by atoms with Crippen LogP contribution in [-0.2, 0) is 16.6 Å². The van der Waals surface area contributed by atoms with E-state index in [1.165, 1.54) is 25.7 Å². The Hall–Kier alpha value is -0.910. The van der Waals surface area contributed by atoms with Crippen LogP contribution in [-0.4, -0.2) is 21.5 Å². The summed E-state index contributed by atoms with van der Waals surface area (Å²) in [6, 6.07) is 5.56. The van der Waals surface area contributed by atoms with Crippen LogP contribution in [0.5, 0.6) is 0 Å². The molecule has 21 heavy (non-hydrogen) atoms. The molecular weight excluding hydrogens is 284 g/mol. The van der Waals surface area contributed by atoms with E-state index in [0.717, 1.165) is 11.1 Å². The highest BCUT2D eigenvalue weighted by Gasteiger charge is 2.43. The second-order valence-electron chi connectivity index (χ2n) is 6.44. The summed E-state index contributed by atoms with van der Waals surface area (Å²) in [4.78, 5) is 0.393. The molecule has 2 aliphatic carbocycles. The van der Waals surface area contributed by atoms with Gasteiger partial charge in [-0.3, -0.25) is 0 Å². The first-order valence-corrected chi connectivity index (χ1v) is 9.26. The summed E-state index contributed by atoms with van der Waals surface area (Å²) in [5, 5.41) is 3.09. The molecule has 0 aromatic heterocycles. The van der Waals surface area contributed by atoms with Crippen LogP contribution in [0.2, 0.25) is 0 Å². The smallest absolute Gasteiger partial charge is 0.240 e. The molecule has 2 N–H and O–H groups in total. The van der Waals surface area contributed by atoms with E-state index < -0.39 is 10.0 Å². The molecule has 3 rings (SSSR count). The lowest BCUT2D eigenvalue weighted by molar-refractivity contribution is 0.471. The van der Waals surface area contributed by atoms with Gasteiger partial charge in [0.2, 0.25) is 10.0 Å². The van der Waals surface area contributed by atoms with Gasteiger partial charge in [-0.2, -0.15) is 0 Å². The first-order valence-electron chi connectivity index (χ1n) is 7.78. The van der Waals surface area contributed by atoms with Gasteiger partial charge in [-0.1, -0.05) is 6.07 Å². The standard InChI is InChI=1S/C16H24N2O2S/c1-11-3-8-15(9-14(11)10-17-2)21(19,20)18-16(12-4-5-12)13-6-7-13/h3,8-9,12-13,16-18H,4-7,10H2,1-2H3. The van der Waals surface area contributed by atoms with Crippen molar-refractivity contribution in [3.8, 4) is 0 Å². The van der Waals surface area contributed by atoms with Gasteiger partial charge in [0.25, 0.3) is 0 Å². The van der Waals surface area contributed by atoms with Crippen molar-refractivity contribution in [1.29, 1.82) is 0 Å². The molecule has 0 spiro atoms. The van der Waals surface area contributed by atoms with E-state index in [1.54, 1.807) is 12.1 Å². The Balaban J connectivity index is 1.81. The van der Waals surface area contributed by atoms with E-state index in [4.69, 9.17) is 0 Å². The van der Waals surface area contributed by atoms with Crippen LogP contribution in [0.1, 0.15) is 36.8 Å². The number of nitrogens with one attached hydrogen (secondary N) is 2. The monoisotopic (exact) mass is 308 g/mol. The van der Waals surface area contributed by atoms with Crippen molar-refractivity contribution in [2.24, 2.45) is 11.8 Å². The minimum atomic E-state index is -3.40. The molecule has 116 valence electrons. The Labute approximate surface area is 127 Å². The maximum atomic E-state index is 12.6. The fourth-order valence-corrected chi connectivity index (χ4v) is 4.36. The topological polar surface area (TPSA) is 58.2 Å². The van der Waals surface area contributed by atoms with Crippen molar-refractivity contribution in [2.75, 3.05) is 7.05 Å². The van der Waals surface area contributed by atoms with Gasteiger partial charge in [-0.05, 0) is 74.8 Å². The van der Waals surface area contributed by atoms with E-state index in [0.29, 0.717) is 23.3 Å². The summed E-state index contributed by atoms with van der Waals surface area (Å²) >= 11 is 0. The average Bonchev–Trinajstić information content (AvgIpc) is 3.31. The van der Waals surface area contributed by atoms with Crippen LogP contribution in [0.25, 0.3) is 0 Å².